The van der Waals surface area contributed by atoms with E-state index >= 15 is 0 Å². The van der Waals surface area contributed by atoms with Crippen LogP contribution >= 0.6 is 11.3 Å². The number of carbonyl (C=O) groups excluding carboxylic acids is 3. The number of amides is 2. The number of carbonyl (C=O) groups is 3. The third-order valence-corrected chi connectivity index (χ3v) is 7.94. The molecular formula is C31H47N3O5S. The molecule has 0 aliphatic rings. The number of thiazole rings is 1. The van der Waals surface area contributed by atoms with Crippen molar-refractivity contribution in [2.45, 2.75) is 85.4 Å². The summed E-state index contributed by atoms with van der Waals surface area (Å²) in [4.78, 5) is 44.8. The molecule has 1 heterocycles. The molecule has 1 aromatic carbocycles. The lowest BCUT2D eigenvalue weighted by Crippen LogP contribution is -2.42. The van der Waals surface area contributed by atoms with E-state index in [0.717, 1.165) is 5.56 Å². The Morgan fingerprint density at radius 3 is 2.30 bits per heavy atom. The summed E-state index contributed by atoms with van der Waals surface area (Å²) in [5, 5.41) is 5.53. The van der Waals surface area contributed by atoms with Crippen molar-refractivity contribution in [2.24, 2.45) is 17.8 Å². The highest BCUT2D eigenvalue weighted by Gasteiger charge is 2.29. The highest BCUT2D eigenvalue weighted by atomic mass is 32.1. The Hall–Kier alpha value is -2.78. The minimum absolute atomic E-state index is 0.0306. The standard InChI is InChI=1S/C31H47N3O5S/c1-9-39-31(37)22(6)16-24(17-23-13-11-10-12-14-23)32-29(36)25-19-40-30(33-25)27(38-8)18-26(21(4)5)34(7)28(35)15-20(2)3/h10-14,19-22,24,26-27H,9,15-18H2,1-8H3,(H,32,36). The van der Waals surface area contributed by atoms with Gasteiger partial charge in [-0.1, -0.05) is 65.0 Å². The molecule has 0 fully saturated rings. The van der Waals surface area contributed by atoms with Crippen molar-refractivity contribution in [3.05, 3.63) is 52.0 Å². The number of ether oxygens (including phenoxy) is 2. The lowest BCUT2D eigenvalue weighted by Gasteiger charge is -2.33. The summed E-state index contributed by atoms with van der Waals surface area (Å²) >= 11 is 1.38. The number of hydrogen-bond acceptors (Lipinski definition) is 7. The Labute approximate surface area is 243 Å². The molecule has 0 spiro atoms. The van der Waals surface area contributed by atoms with Crippen molar-refractivity contribution >= 4 is 29.1 Å². The van der Waals surface area contributed by atoms with E-state index < -0.39 is 0 Å². The Bertz CT molecular complexity index is 1070. The van der Waals surface area contributed by atoms with E-state index in [4.69, 9.17) is 9.47 Å². The first-order valence-corrected chi connectivity index (χ1v) is 15.1. The molecule has 1 aromatic heterocycles. The largest absolute Gasteiger partial charge is 0.466 e. The van der Waals surface area contributed by atoms with E-state index in [1.165, 1.54) is 11.3 Å². The molecule has 0 bridgehead atoms. The molecule has 4 atom stereocenters. The molecule has 0 aliphatic carbocycles. The van der Waals surface area contributed by atoms with Gasteiger partial charge in [-0.25, -0.2) is 4.98 Å². The number of aromatic nitrogens is 1. The third-order valence-electron chi connectivity index (χ3n) is 7.00. The van der Waals surface area contributed by atoms with Crippen LogP contribution in [0.3, 0.4) is 0 Å². The number of methoxy groups -OCH3 is 1. The molecule has 8 nitrogen and oxygen atoms in total. The zero-order valence-corrected chi connectivity index (χ0v) is 26.1. The first-order chi connectivity index (χ1) is 19.0. The molecule has 0 aliphatic heterocycles. The van der Waals surface area contributed by atoms with Gasteiger partial charge in [0.25, 0.3) is 5.91 Å². The number of nitrogens with one attached hydrogen (secondary N) is 1. The van der Waals surface area contributed by atoms with Gasteiger partial charge in [0, 0.05) is 44.5 Å². The average molecular weight is 574 g/mol. The van der Waals surface area contributed by atoms with Gasteiger partial charge in [-0.2, -0.15) is 0 Å². The normalized spacial score (nSPS) is 14.4. The topological polar surface area (TPSA) is 97.8 Å². The number of nitrogens with zero attached hydrogens (tertiary/aromatic N) is 2. The van der Waals surface area contributed by atoms with Crippen LogP contribution in [0.4, 0.5) is 0 Å². The zero-order valence-electron chi connectivity index (χ0n) is 25.3. The van der Waals surface area contributed by atoms with Gasteiger partial charge in [0.2, 0.25) is 5.91 Å². The molecule has 40 heavy (non-hydrogen) atoms. The minimum Gasteiger partial charge on any atom is -0.466 e. The van der Waals surface area contributed by atoms with Crippen molar-refractivity contribution in [2.75, 3.05) is 20.8 Å². The van der Waals surface area contributed by atoms with Crippen molar-refractivity contribution in [3.8, 4) is 0 Å². The molecule has 2 amide bonds. The van der Waals surface area contributed by atoms with Crippen LogP contribution in [-0.2, 0) is 25.5 Å². The molecular weight excluding hydrogens is 526 g/mol. The van der Waals surface area contributed by atoms with E-state index in [-0.39, 0.29) is 53.7 Å². The highest BCUT2D eigenvalue weighted by molar-refractivity contribution is 7.09. The van der Waals surface area contributed by atoms with Crippen LogP contribution in [0.25, 0.3) is 0 Å². The Balaban J connectivity index is 2.17. The maximum atomic E-state index is 13.3. The maximum absolute atomic E-state index is 13.3. The molecule has 0 saturated heterocycles. The average Bonchev–Trinajstić information content (AvgIpc) is 3.39. The molecule has 4 unspecified atom stereocenters. The number of rotatable bonds is 16. The summed E-state index contributed by atoms with van der Waals surface area (Å²) < 4.78 is 11.0. The van der Waals surface area contributed by atoms with Crippen LogP contribution in [-0.4, -0.2) is 60.5 Å². The zero-order chi connectivity index (χ0) is 29.8. The number of hydrogen-bond donors (Lipinski definition) is 1. The van der Waals surface area contributed by atoms with E-state index in [0.29, 0.717) is 43.0 Å². The molecule has 9 heteroatoms. The first kappa shape index (κ1) is 33.4. The summed E-state index contributed by atoms with van der Waals surface area (Å²) in [6, 6.07) is 9.57. The fourth-order valence-electron chi connectivity index (χ4n) is 4.77. The Morgan fingerprint density at radius 1 is 1.05 bits per heavy atom. The summed E-state index contributed by atoms with van der Waals surface area (Å²) in [6.07, 6.45) is 1.76. The predicted octanol–water partition coefficient (Wildman–Crippen LogP) is 5.68. The summed E-state index contributed by atoms with van der Waals surface area (Å²) in [5.41, 5.74) is 1.38. The van der Waals surface area contributed by atoms with Gasteiger partial charge in [-0.15, -0.1) is 11.3 Å². The second-order valence-electron chi connectivity index (χ2n) is 11.2. The van der Waals surface area contributed by atoms with Crippen molar-refractivity contribution in [1.29, 1.82) is 0 Å². The van der Waals surface area contributed by atoms with E-state index in [1.807, 2.05) is 63.1 Å². The monoisotopic (exact) mass is 573 g/mol. The van der Waals surface area contributed by atoms with Crippen molar-refractivity contribution in [3.63, 3.8) is 0 Å². The van der Waals surface area contributed by atoms with Crippen LogP contribution < -0.4 is 5.32 Å². The van der Waals surface area contributed by atoms with Crippen molar-refractivity contribution in [1.82, 2.24) is 15.2 Å². The van der Waals surface area contributed by atoms with E-state index in [9.17, 15) is 14.4 Å². The minimum atomic E-state index is -0.360. The molecule has 2 aromatic rings. The quantitative estimate of drug-likeness (QED) is 0.260. The van der Waals surface area contributed by atoms with Crippen LogP contribution in [0.1, 0.15) is 88.0 Å². The van der Waals surface area contributed by atoms with Gasteiger partial charge in [-0.05, 0) is 37.2 Å². The smallest absolute Gasteiger partial charge is 0.308 e. The van der Waals surface area contributed by atoms with E-state index in [2.05, 4.69) is 24.1 Å². The lowest BCUT2D eigenvalue weighted by atomic mass is 9.95. The fourth-order valence-corrected chi connectivity index (χ4v) is 5.66. The van der Waals surface area contributed by atoms with Gasteiger partial charge in [0.05, 0.1) is 12.5 Å². The number of benzene rings is 1. The predicted molar refractivity (Wildman–Crippen MR) is 159 cm³/mol. The van der Waals surface area contributed by atoms with Crippen LogP contribution in [0, 0.1) is 17.8 Å². The van der Waals surface area contributed by atoms with Gasteiger partial charge >= 0.3 is 5.97 Å². The molecule has 0 radical (unpaired) electrons. The molecule has 1 N–H and O–H groups in total. The second kappa shape index (κ2) is 16.5. The van der Waals surface area contributed by atoms with E-state index in [1.54, 1.807) is 19.4 Å². The van der Waals surface area contributed by atoms with Gasteiger partial charge in [-0.3, -0.25) is 14.4 Å². The fraction of sp³-hybridized carbons (Fsp3) is 0.613. The van der Waals surface area contributed by atoms with Gasteiger partial charge < -0.3 is 19.7 Å². The Morgan fingerprint density at radius 2 is 1.73 bits per heavy atom. The summed E-state index contributed by atoms with van der Waals surface area (Å²) in [7, 11) is 3.48. The molecule has 2 rings (SSSR count). The molecule has 0 saturated carbocycles. The first-order valence-electron chi connectivity index (χ1n) is 14.2. The van der Waals surface area contributed by atoms with Crippen LogP contribution in [0.5, 0.6) is 0 Å². The van der Waals surface area contributed by atoms with Crippen LogP contribution in [0.2, 0.25) is 0 Å². The highest BCUT2D eigenvalue weighted by Crippen LogP contribution is 2.30. The summed E-state index contributed by atoms with van der Waals surface area (Å²) in [6.45, 7) is 12.2. The number of esters is 1. The summed E-state index contributed by atoms with van der Waals surface area (Å²) in [5.74, 6) is -0.302. The van der Waals surface area contributed by atoms with Gasteiger partial charge in [0.15, 0.2) is 0 Å². The van der Waals surface area contributed by atoms with Gasteiger partial charge in [0.1, 0.15) is 16.8 Å². The third kappa shape index (κ3) is 10.3. The van der Waals surface area contributed by atoms with Crippen LogP contribution in [0.15, 0.2) is 35.7 Å². The second-order valence-corrected chi connectivity index (χ2v) is 12.1. The SMILES string of the molecule is CCOC(=O)C(C)CC(Cc1ccccc1)NC(=O)c1csc(C(CC(C(C)C)N(C)C(=O)CC(C)C)OC)n1. The van der Waals surface area contributed by atoms with Crippen molar-refractivity contribution < 1.29 is 23.9 Å². The maximum Gasteiger partial charge on any atom is 0.308 e. The molecule has 222 valence electrons. The lowest BCUT2D eigenvalue weighted by molar-refractivity contribution is -0.147. The Kier molecular flexibility index (Phi) is 13.8.